The van der Waals surface area contributed by atoms with E-state index in [0.29, 0.717) is 16.7 Å². The molecule has 21 heavy (non-hydrogen) atoms. The third kappa shape index (κ3) is 6.84. The molecule has 1 aromatic carbocycles. The average molecular weight is 298 g/mol. The van der Waals surface area contributed by atoms with E-state index >= 15 is 0 Å². The van der Waals surface area contributed by atoms with Crippen LogP contribution >= 0.6 is 0 Å². The Kier molecular flexibility index (Phi) is 6.80. The zero-order chi connectivity index (χ0) is 15.8. The Bertz CT molecular complexity index is 496. The Morgan fingerprint density at radius 2 is 1.57 bits per heavy atom. The summed E-state index contributed by atoms with van der Waals surface area (Å²) in [5.74, 6) is -1.17. The summed E-state index contributed by atoms with van der Waals surface area (Å²) in [6.45, 7) is 1.06. The van der Waals surface area contributed by atoms with Gasteiger partial charge in [0.2, 0.25) is 0 Å². The third-order valence-corrected chi connectivity index (χ3v) is 2.49. The van der Waals surface area contributed by atoms with Crippen LogP contribution in [-0.2, 0) is 38.9 Å². The topological polar surface area (TPSA) is 113 Å². The van der Waals surface area contributed by atoms with Gasteiger partial charge in [-0.1, -0.05) is 12.1 Å². The first-order valence-electron chi connectivity index (χ1n) is 6.28. The van der Waals surface area contributed by atoms with Crippen LogP contribution in [0.1, 0.15) is 30.0 Å². The zero-order valence-electron chi connectivity index (χ0n) is 11.6. The molecule has 0 amide bonds. The van der Waals surface area contributed by atoms with E-state index in [9.17, 15) is 14.7 Å². The maximum absolute atomic E-state index is 11.2. The standard InChI is InChI=1S/C14H18O7/c1-9(16)20-7-11-2-10(6-15)3-12(4-11)8-21-14(19)5-13(17)18/h2-4,13,15,17-18H,5-8H2,1H3. The minimum absolute atomic E-state index is 0.0550. The van der Waals surface area contributed by atoms with Crippen molar-refractivity contribution >= 4 is 11.9 Å². The molecular weight excluding hydrogens is 280 g/mol. The van der Waals surface area contributed by atoms with Crippen molar-refractivity contribution in [2.45, 2.75) is 39.5 Å². The molecule has 116 valence electrons. The van der Waals surface area contributed by atoms with Gasteiger partial charge in [-0.25, -0.2) is 0 Å². The highest BCUT2D eigenvalue weighted by Crippen LogP contribution is 2.13. The Balaban J connectivity index is 2.69. The van der Waals surface area contributed by atoms with Gasteiger partial charge >= 0.3 is 11.9 Å². The molecule has 3 N–H and O–H groups in total. The van der Waals surface area contributed by atoms with Gasteiger partial charge in [0.1, 0.15) is 13.2 Å². The normalized spacial score (nSPS) is 10.5. The van der Waals surface area contributed by atoms with E-state index in [0.717, 1.165) is 0 Å². The molecule has 0 atom stereocenters. The van der Waals surface area contributed by atoms with E-state index in [1.165, 1.54) is 6.92 Å². The summed E-state index contributed by atoms with van der Waals surface area (Å²) in [7, 11) is 0. The molecule has 0 radical (unpaired) electrons. The van der Waals surface area contributed by atoms with Gasteiger partial charge in [-0.2, -0.15) is 0 Å². The lowest BCUT2D eigenvalue weighted by molar-refractivity contribution is -0.153. The Labute approximate surface area is 121 Å². The lowest BCUT2D eigenvalue weighted by atomic mass is 10.1. The monoisotopic (exact) mass is 298 g/mol. The lowest BCUT2D eigenvalue weighted by Crippen LogP contribution is -2.14. The first-order valence-corrected chi connectivity index (χ1v) is 6.28. The van der Waals surface area contributed by atoms with Crippen molar-refractivity contribution in [3.63, 3.8) is 0 Å². The molecule has 0 aliphatic carbocycles. The van der Waals surface area contributed by atoms with Gasteiger partial charge in [0.15, 0.2) is 6.29 Å². The summed E-state index contributed by atoms with van der Waals surface area (Å²) in [5.41, 5.74) is 1.85. The van der Waals surface area contributed by atoms with Crippen molar-refractivity contribution in [3.8, 4) is 0 Å². The lowest BCUT2D eigenvalue weighted by Gasteiger charge is -2.10. The predicted molar refractivity (Wildman–Crippen MR) is 70.5 cm³/mol. The van der Waals surface area contributed by atoms with Gasteiger partial charge < -0.3 is 24.8 Å². The molecule has 0 bridgehead atoms. The number of aliphatic hydroxyl groups excluding tert-OH is 2. The van der Waals surface area contributed by atoms with Gasteiger partial charge in [-0.15, -0.1) is 0 Å². The molecule has 0 aromatic heterocycles. The van der Waals surface area contributed by atoms with Gasteiger partial charge in [-0.05, 0) is 22.8 Å². The van der Waals surface area contributed by atoms with E-state index in [-0.39, 0.29) is 19.8 Å². The molecule has 0 aliphatic rings. The quantitative estimate of drug-likeness (QED) is 0.479. The fraction of sp³-hybridized carbons (Fsp3) is 0.429. The van der Waals surface area contributed by atoms with Crippen molar-refractivity contribution in [2.24, 2.45) is 0 Å². The van der Waals surface area contributed by atoms with Gasteiger partial charge in [0.05, 0.1) is 13.0 Å². The molecule has 0 saturated heterocycles. The summed E-state index contributed by atoms with van der Waals surface area (Å²) in [6, 6.07) is 4.98. The first kappa shape index (κ1) is 17.1. The van der Waals surface area contributed by atoms with E-state index in [1.807, 2.05) is 0 Å². The van der Waals surface area contributed by atoms with E-state index in [1.54, 1.807) is 18.2 Å². The second-order valence-electron chi connectivity index (χ2n) is 4.44. The second kappa shape index (κ2) is 8.35. The van der Waals surface area contributed by atoms with Crippen LogP contribution < -0.4 is 0 Å². The maximum atomic E-state index is 11.2. The van der Waals surface area contributed by atoms with Crippen LogP contribution in [0.25, 0.3) is 0 Å². The van der Waals surface area contributed by atoms with Crippen molar-refractivity contribution in [1.29, 1.82) is 0 Å². The summed E-state index contributed by atoms with van der Waals surface area (Å²) < 4.78 is 9.74. The summed E-state index contributed by atoms with van der Waals surface area (Å²) in [5, 5.41) is 26.5. The Hall–Kier alpha value is -1.96. The number of carbonyl (C=O) groups is 2. The van der Waals surface area contributed by atoms with Crippen LogP contribution in [0, 0.1) is 0 Å². The van der Waals surface area contributed by atoms with E-state index < -0.39 is 24.6 Å². The predicted octanol–water partition coefficient (Wildman–Crippen LogP) is -0.0140. The molecule has 0 aliphatic heterocycles. The van der Waals surface area contributed by atoms with Crippen LogP contribution in [0.4, 0.5) is 0 Å². The van der Waals surface area contributed by atoms with E-state index in [4.69, 9.17) is 19.7 Å². The smallest absolute Gasteiger partial charge is 0.311 e. The Morgan fingerprint density at radius 3 is 2.05 bits per heavy atom. The maximum Gasteiger partial charge on any atom is 0.311 e. The van der Waals surface area contributed by atoms with Crippen molar-refractivity contribution < 1.29 is 34.4 Å². The number of hydrogen-bond donors (Lipinski definition) is 3. The highest BCUT2D eigenvalue weighted by Gasteiger charge is 2.10. The molecular formula is C14H18O7. The second-order valence-corrected chi connectivity index (χ2v) is 4.44. The van der Waals surface area contributed by atoms with Crippen LogP contribution in [0.5, 0.6) is 0 Å². The summed E-state index contributed by atoms with van der Waals surface area (Å²) in [6.07, 6.45) is -2.26. The molecule has 0 heterocycles. The third-order valence-electron chi connectivity index (χ3n) is 2.49. The molecule has 0 fully saturated rings. The number of hydrogen-bond acceptors (Lipinski definition) is 7. The Morgan fingerprint density at radius 1 is 1.05 bits per heavy atom. The van der Waals surface area contributed by atoms with Gasteiger partial charge in [0.25, 0.3) is 0 Å². The number of aliphatic hydroxyl groups is 3. The van der Waals surface area contributed by atoms with Crippen LogP contribution in [-0.4, -0.2) is 33.5 Å². The van der Waals surface area contributed by atoms with Gasteiger partial charge in [-0.3, -0.25) is 9.59 Å². The summed E-state index contributed by atoms with van der Waals surface area (Å²) >= 11 is 0. The van der Waals surface area contributed by atoms with E-state index in [2.05, 4.69) is 0 Å². The summed E-state index contributed by atoms with van der Waals surface area (Å²) in [4.78, 5) is 22.0. The highest BCUT2D eigenvalue weighted by atomic mass is 16.5. The SMILES string of the molecule is CC(=O)OCc1cc(CO)cc(COC(=O)CC(O)O)c1. The minimum atomic E-state index is -1.75. The molecule has 7 heteroatoms. The fourth-order valence-electron chi connectivity index (χ4n) is 1.65. The first-order chi connectivity index (χ1) is 9.90. The van der Waals surface area contributed by atoms with Gasteiger partial charge in [0, 0.05) is 6.92 Å². The van der Waals surface area contributed by atoms with Crippen molar-refractivity contribution in [1.82, 2.24) is 0 Å². The average Bonchev–Trinajstić information content (AvgIpc) is 2.42. The number of esters is 2. The molecule has 1 rings (SSSR count). The highest BCUT2D eigenvalue weighted by molar-refractivity contribution is 5.69. The van der Waals surface area contributed by atoms with Crippen LogP contribution in [0.2, 0.25) is 0 Å². The van der Waals surface area contributed by atoms with Crippen LogP contribution in [0.15, 0.2) is 18.2 Å². The number of benzene rings is 1. The largest absolute Gasteiger partial charge is 0.461 e. The molecule has 0 unspecified atom stereocenters. The molecule has 1 aromatic rings. The molecule has 0 spiro atoms. The minimum Gasteiger partial charge on any atom is -0.461 e. The number of carbonyl (C=O) groups excluding carboxylic acids is 2. The number of rotatable bonds is 7. The zero-order valence-corrected chi connectivity index (χ0v) is 11.6. The van der Waals surface area contributed by atoms with Crippen molar-refractivity contribution in [3.05, 3.63) is 34.9 Å². The number of ether oxygens (including phenoxy) is 2. The van der Waals surface area contributed by atoms with Crippen molar-refractivity contribution in [2.75, 3.05) is 0 Å². The molecule has 7 nitrogen and oxygen atoms in total. The van der Waals surface area contributed by atoms with Crippen LogP contribution in [0.3, 0.4) is 0 Å². The fourth-order valence-corrected chi connectivity index (χ4v) is 1.65. The molecule has 0 saturated carbocycles.